The lowest BCUT2D eigenvalue weighted by atomic mass is 9.98. The number of aromatic nitrogens is 5. The Labute approximate surface area is 258 Å². The summed E-state index contributed by atoms with van der Waals surface area (Å²) in [4.78, 5) is 62.0. The molecule has 1 aliphatic heterocycles. The van der Waals surface area contributed by atoms with Crippen LogP contribution in [0.15, 0.2) is 48.9 Å². The fourth-order valence-electron chi connectivity index (χ4n) is 4.24. The van der Waals surface area contributed by atoms with Crippen molar-refractivity contribution in [1.29, 1.82) is 0 Å². The lowest BCUT2D eigenvalue weighted by Crippen LogP contribution is -2.54. The monoisotopic (exact) mass is 634 g/mol. The Hall–Kier alpha value is -4.96. The van der Waals surface area contributed by atoms with E-state index in [1.54, 1.807) is 18.4 Å². The number of oxazole rings is 3. The Bertz CT molecular complexity index is 1880. The maximum atomic E-state index is 13.3. The summed E-state index contributed by atoms with van der Waals surface area (Å²) in [5, 5.41) is 13.0. The third-order valence-corrected chi connectivity index (χ3v) is 8.67. The van der Waals surface area contributed by atoms with E-state index >= 15 is 0 Å². The smallest absolute Gasteiger partial charge is 0.273 e. The van der Waals surface area contributed by atoms with Crippen LogP contribution < -0.4 is 16.0 Å². The molecule has 3 atom stereocenters. The van der Waals surface area contributed by atoms with Gasteiger partial charge in [0.25, 0.3) is 5.91 Å². The van der Waals surface area contributed by atoms with Gasteiger partial charge in [0.1, 0.15) is 58.0 Å². The van der Waals surface area contributed by atoms with E-state index in [1.165, 1.54) is 48.4 Å². The van der Waals surface area contributed by atoms with E-state index in [2.05, 4.69) is 40.9 Å². The van der Waals surface area contributed by atoms with Gasteiger partial charge in [0, 0.05) is 10.8 Å². The number of hydrogen-bond acceptors (Lipinski definition) is 13. The summed E-state index contributed by atoms with van der Waals surface area (Å²) in [7, 11) is 0. The maximum Gasteiger partial charge on any atom is 0.273 e. The highest BCUT2D eigenvalue weighted by Gasteiger charge is 2.30. The SMILES string of the molecule is C/C=C1/NC(=O)[C@H](C)NC(=O)[C@@H]([C@@H](C)CC)NC(=O)c2coc(n2)-c2csc(n2)-c2csc(n2)-c2coc(n2)-c2coc1n2. The van der Waals surface area contributed by atoms with E-state index in [4.69, 9.17) is 13.3 Å². The molecule has 44 heavy (non-hydrogen) atoms. The number of fused-ring (bicyclic) bond motifs is 14. The number of nitrogens with one attached hydrogen (secondary N) is 3. The fourth-order valence-corrected chi connectivity index (χ4v) is 5.82. The first-order chi connectivity index (χ1) is 21.2. The van der Waals surface area contributed by atoms with E-state index in [0.717, 1.165) is 0 Å². The Morgan fingerprint density at radius 2 is 1.39 bits per heavy atom. The highest BCUT2D eigenvalue weighted by atomic mass is 32.1. The van der Waals surface area contributed by atoms with Crippen LogP contribution in [0, 0.1) is 5.92 Å². The van der Waals surface area contributed by atoms with Gasteiger partial charge < -0.3 is 29.2 Å². The summed E-state index contributed by atoms with van der Waals surface area (Å²) in [6.07, 6.45) is 6.25. The minimum Gasteiger partial charge on any atom is -0.443 e. The van der Waals surface area contributed by atoms with Gasteiger partial charge in [0.05, 0.1) is 5.70 Å². The molecule has 10 bridgehead atoms. The molecule has 0 saturated carbocycles. The summed E-state index contributed by atoms with van der Waals surface area (Å²) in [6, 6.07) is -1.91. The molecule has 0 radical (unpaired) electrons. The molecule has 0 fully saturated rings. The second kappa shape index (κ2) is 12.0. The Kier molecular flexibility index (Phi) is 7.92. The van der Waals surface area contributed by atoms with Gasteiger partial charge in [-0.3, -0.25) is 14.4 Å². The van der Waals surface area contributed by atoms with Gasteiger partial charge in [0.2, 0.25) is 29.5 Å². The molecule has 5 aromatic rings. The van der Waals surface area contributed by atoms with Crippen LogP contribution in [0.4, 0.5) is 0 Å². The van der Waals surface area contributed by atoms with Gasteiger partial charge in [-0.05, 0) is 19.8 Å². The van der Waals surface area contributed by atoms with Crippen molar-refractivity contribution in [3.63, 3.8) is 0 Å². The molecule has 6 heterocycles. The highest BCUT2D eigenvalue weighted by molar-refractivity contribution is 7.15. The topological polar surface area (TPSA) is 191 Å². The summed E-state index contributed by atoms with van der Waals surface area (Å²) in [5.41, 5.74) is 2.12. The number of allylic oxidation sites excluding steroid dienone is 1. The van der Waals surface area contributed by atoms with E-state index in [1.807, 2.05) is 19.2 Å². The van der Waals surface area contributed by atoms with Crippen LogP contribution in [0.25, 0.3) is 50.3 Å². The molecule has 0 aromatic carbocycles. The van der Waals surface area contributed by atoms with Crippen LogP contribution in [0.1, 0.15) is 50.5 Å². The van der Waals surface area contributed by atoms with E-state index < -0.39 is 29.8 Å². The number of hydrogen-bond donors (Lipinski definition) is 3. The second-order valence-electron chi connectivity index (χ2n) is 9.95. The fraction of sp³-hybridized carbons (Fsp3) is 0.286. The van der Waals surface area contributed by atoms with E-state index in [-0.39, 0.29) is 35.0 Å². The maximum absolute atomic E-state index is 13.3. The van der Waals surface area contributed by atoms with Crippen LogP contribution in [0.2, 0.25) is 0 Å². The molecule has 3 N–H and O–H groups in total. The largest absolute Gasteiger partial charge is 0.443 e. The molecule has 0 aliphatic carbocycles. The van der Waals surface area contributed by atoms with Crippen LogP contribution in [-0.2, 0) is 9.59 Å². The first-order valence-electron chi connectivity index (χ1n) is 13.6. The highest BCUT2D eigenvalue weighted by Crippen LogP contribution is 2.33. The molecular formula is C28H26N8O6S2. The molecule has 16 heteroatoms. The van der Waals surface area contributed by atoms with Crippen molar-refractivity contribution in [3.05, 3.63) is 47.2 Å². The Morgan fingerprint density at radius 1 is 0.795 bits per heavy atom. The lowest BCUT2D eigenvalue weighted by Gasteiger charge is -2.25. The number of rotatable bonds is 2. The van der Waals surface area contributed by atoms with Crippen molar-refractivity contribution in [1.82, 2.24) is 40.9 Å². The third-order valence-electron chi connectivity index (χ3n) is 6.94. The van der Waals surface area contributed by atoms with Gasteiger partial charge in [-0.25, -0.2) is 24.9 Å². The summed E-state index contributed by atoms with van der Waals surface area (Å²) in [5.74, 6) is -1.43. The molecule has 6 rings (SSSR count). The van der Waals surface area contributed by atoms with Gasteiger partial charge in [0.15, 0.2) is 11.4 Å². The normalized spacial score (nSPS) is 19.2. The number of carbonyl (C=O) groups excluding carboxylic acids is 3. The van der Waals surface area contributed by atoms with Crippen LogP contribution in [0.3, 0.4) is 0 Å². The molecule has 5 aromatic heterocycles. The molecule has 3 amide bonds. The molecule has 0 saturated heterocycles. The van der Waals surface area contributed by atoms with Crippen molar-refractivity contribution in [3.8, 4) is 44.6 Å². The zero-order chi connectivity index (χ0) is 31.0. The average Bonchev–Trinajstić information content (AvgIpc) is 3.85. The van der Waals surface area contributed by atoms with Gasteiger partial charge in [-0.2, -0.15) is 0 Å². The van der Waals surface area contributed by atoms with Crippen LogP contribution in [0.5, 0.6) is 0 Å². The molecule has 0 spiro atoms. The zero-order valence-corrected chi connectivity index (χ0v) is 25.5. The van der Waals surface area contributed by atoms with Gasteiger partial charge in [-0.15, -0.1) is 22.7 Å². The average molecular weight is 635 g/mol. The van der Waals surface area contributed by atoms with Gasteiger partial charge in [-0.1, -0.05) is 26.3 Å². The number of amides is 3. The first-order valence-corrected chi connectivity index (χ1v) is 15.4. The van der Waals surface area contributed by atoms with Crippen molar-refractivity contribution < 1.29 is 27.6 Å². The standard InChI is InChI=1S/C28H26N8O6S2/c1-5-12(3)20-23(39)29-13(4)21(37)30-14(6-2)24-32-16(8-41-24)25-33-17(9-42-25)27-35-19(11-44-27)28-34-18(10-43-28)26-31-15(7-40-26)22(38)36-20/h6-13,20H,5H2,1-4H3,(H,29,39)(H,30,37)(H,36,38)/b14-6+/t12-,13-,20+/m0/s1. The molecule has 0 unspecified atom stereocenters. The summed E-state index contributed by atoms with van der Waals surface area (Å²) < 4.78 is 16.8. The lowest BCUT2D eigenvalue weighted by molar-refractivity contribution is -0.129. The molecule has 1 aliphatic rings. The minimum absolute atomic E-state index is 0.0169. The number of nitrogens with zero attached hydrogens (tertiary/aromatic N) is 5. The third kappa shape index (κ3) is 5.68. The predicted molar refractivity (Wildman–Crippen MR) is 160 cm³/mol. The predicted octanol–water partition coefficient (Wildman–Crippen LogP) is 4.37. The second-order valence-corrected chi connectivity index (χ2v) is 11.7. The Balaban J connectivity index is 1.37. The zero-order valence-electron chi connectivity index (χ0n) is 23.9. The van der Waals surface area contributed by atoms with E-state index in [9.17, 15) is 14.4 Å². The molecule has 14 nitrogen and oxygen atoms in total. The number of carbonyl (C=O) groups is 3. The van der Waals surface area contributed by atoms with Crippen molar-refractivity contribution in [2.75, 3.05) is 0 Å². The van der Waals surface area contributed by atoms with Crippen molar-refractivity contribution in [2.45, 2.75) is 46.2 Å². The summed E-state index contributed by atoms with van der Waals surface area (Å²) >= 11 is 2.71. The van der Waals surface area contributed by atoms with Gasteiger partial charge >= 0.3 is 0 Å². The Morgan fingerprint density at radius 3 is 2.14 bits per heavy atom. The van der Waals surface area contributed by atoms with Crippen molar-refractivity contribution in [2.24, 2.45) is 5.92 Å². The van der Waals surface area contributed by atoms with Crippen molar-refractivity contribution >= 4 is 46.1 Å². The van der Waals surface area contributed by atoms with Crippen LogP contribution >= 0.6 is 22.7 Å². The molecule has 226 valence electrons. The van der Waals surface area contributed by atoms with E-state index in [0.29, 0.717) is 39.2 Å². The summed E-state index contributed by atoms with van der Waals surface area (Å²) in [6.45, 7) is 6.96. The minimum atomic E-state index is -0.962. The quantitative estimate of drug-likeness (QED) is 0.250. The van der Waals surface area contributed by atoms with Crippen LogP contribution in [-0.4, -0.2) is 54.7 Å². The molecular weight excluding hydrogens is 608 g/mol. The number of thiazole rings is 2. The first kappa shape index (κ1) is 29.1.